The second-order valence-electron chi connectivity index (χ2n) is 8.20. The lowest BCUT2D eigenvalue weighted by Crippen LogP contribution is -2.49. The summed E-state index contributed by atoms with van der Waals surface area (Å²) in [6, 6.07) is 5.77. The van der Waals surface area contributed by atoms with E-state index in [1.54, 1.807) is 13.1 Å². The van der Waals surface area contributed by atoms with Crippen LogP contribution in [-0.2, 0) is 13.1 Å². The van der Waals surface area contributed by atoms with Gasteiger partial charge in [-0.25, -0.2) is 4.39 Å². The van der Waals surface area contributed by atoms with Crippen molar-refractivity contribution in [3.8, 4) is 0 Å². The fraction of sp³-hybridized carbons (Fsp3) is 0.667. The van der Waals surface area contributed by atoms with E-state index < -0.39 is 0 Å². The van der Waals surface area contributed by atoms with E-state index in [1.165, 1.54) is 6.54 Å². The molecule has 0 bridgehead atoms. The van der Waals surface area contributed by atoms with Crippen LogP contribution >= 0.6 is 24.0 Å². The second-order valence-corrected chi connectivity index (χ2v) is 8.20. The molecular weight excluding hydrogens is 468 g/mol. The number of nitrogens with zero attached hydrogens (tertiary/aromatic N) is 3. The predicted molar refractivity (Wildman–Crippen MR) is 127 cm³/mol. The first-order chi connectivity index (χ1) is 12.9. The van der Waals surface area contributed by atoms with Gasteiger partial charge >= 0.3 is 0 Å². The number of rotatable bonds is 7. The van der Waals surface area contributed by atoms with Crippen LogP contribution in [0, 0.1) is 11.7 Å². The number of hydrogen-bond acceptors (Lipinski definition) is 3. The van der Waals surface area contributed by atoms with Crippen LogP contribution in [0.4, 0.5) is 4.39 Å². The molecule has 1 saturated heterocycles. The van der Waals surface area contributed by atoms with Gasteiger partial charge < -0.3 is 20.4 Å². The first-order valence-electron chi connectivity index (χ1n) is 9.99. The van der Waals surface area contributed by atoms with Gasteiger partial charge in [0.25, 0.3) is 0 Å². The van der Waals surface area contributed by atoms with Crippen LogP contribution in [0.15, 0.2) is 23.2 Å². The number of benzene rings is 1. The number of likely N-dealkylation sites (tertiary alicyclic amines) is 1. The summed E-state index contributed by atoms with van der Waals surface area (Å²) in [5, 5.41) is 6.90. The number of nitrogens with one attached hydrogen (secondary N) is 2. The van der Waals surface area contributed by atoms with Crippen molar-refractivity contribution in [3.63, 3.8) is 0 Å². The molecule has 7 heteroatoms. The van der Waals surface area contributed by atoms with Crippen molar-refractivity contribution in [2.75, 3.05) is 40.8 Å². The monoisotopic (exact) mass is 505 g/mol. The molecule has 1 aliphatic heterocycles. The van der Waals surface area contributed by atoms with E-state index in [2.05, 4.69) is 34.4 Å². The maximum Gasteiger partial charge on any atom is 0.191 e. The number of piperidine rings is 1. The molecule has 5 nitrogen and oxygen atoms in total. The summed E-state index contributed by atoms with van der Waals surface area (Å²) in [6.45, 7) is 9.23. The fourth-order valence-corrected chi connectivity index (χ4v) is 3.55. The normalized spacial score (nSPS) is 16.4. The van der Waals surface area contributed by atoms with E-state index in [0.29, 0.717) is 19.1 Å². The Morgan fingerprint density at radius 3 is 2.54 bits per heavy atom. The summed E-state index contributed by atoms with van der Waals surface area (Å²) >= 11 is 0. The lowest BCUT2D eigenvalue weighted by molar-refractivity contribution is 0.187. The van der Waals surface area contributed by atoms with Gasteiger partial charge in [0.2, 0.25) is 0 Å². The Labute approximate surface area is 187 Å². The average molecular weight is 505 g/mol. The Morgan fingerprint density at radius 2 is 1.96 bits per heavy atom. The molecule has 0 radical (unpaired) electrons. The molecule has 160 valence electrons. The molecule has 1 aliphatic rings. The molecule has 0 unspecified atom stereocenters. The molecule has 2 rings (SSSR count). The molecule has 0 aromatic heterocycles. The maximum atomic E-state index is 13.9. The van der Waals surface area contributed by atoms with Crippen LogP contribution in [0.2, 0.25) is 0 Å². The van der Waals surface area contributed by atoms with Gasteiger partial charge in [-0.15, -0.1) is 24.0 Å². The largest absolute Gasteiger partial charge is 0.354 e. The van der Waals surface area contributed by atoms with Gasteiger partial charge in [-0.3, -0.25) is 4.99 Å². The van der Waals surface area contributed by atoms with Crippen LogP contribution in [0.1, 0.15) is 37.8 Å². The van der Waals surface area contributed by atoms with Crippen LogP contribution in [0.5, 0.6) is 0 Å². The zero-order valence-electron chi connectivity index (χ0n) is 18.0. The summed E-state index contributed by atoms with van der Waals surface area (Å²) in [5.74, 6) is 1.39. The standard InChI is InChI=1S/C21H36FN5.HI/c1-16(2)14-27-10-8-19(9-11-27)25-21(23-3)24-13-17-6-7-20(22)18(12-17)15-26(4)5;/h6-7,12,16,19H,8-11,13-15H2,1-5H3,(H2,23,24,25);1H. The Morgan fingerprint density at radius 1 is 1.29 bits per heavy atom. The third kappa shape index (κ3) is 8.61. The van der Waals surface area contributed by atoms with Crippen molar-refractivity contribution < 1.29 is 4.39 Å². The molecular formula is C21H37FIN5. The lowest BCUT2D eigenvalue weighted by Gasteiger charge is -2.34. The Kier molecular flexibility index (Phi) is 11.3. The summed E-state index contributed by atoms with van der Waals surface area (Å²) in [7, 11) is 5.69. The fourth-order valence-electron chi connectivity index (χ4n) is 3.55. The highest BCUT2D eigenvalue weighted by Gasteiger charge is 2.20. The summed E-state index contributed by atoms with van der Waals surface area (Å²) in [6.07, 6.45) is 2.27. The topological polar surface area (TPSA) is 42.9 Å². The van der Waals surface area contributed by atoms with Crippen molar-refractivity contribution in [1.82, 2.24) is 20.4 Å². The number of hydrogen-bond donors (Lipinski definition) is 2. The Hall–Kier alpha value is -0.930. The van der Waals surface area contributed by atoms with Crippen LogP contribution in [0.3, 0.4) is 0 Å². The second kappa shape index (κ2) is 12.6. The van der Waals surface area contributed by atoms with E-state index in [9.17, 15) is 4.39 Å². The maximum absolute atomic E-state index is 13.9. The lowest BCUT2D eigenvalue weighted by atomic mass is 10.0. The van der Waals surface area contributed by atoms with E-state index in [4.69, 9.17) is 0 Å². The smallest absolute Gasteiger partial charge is 0.191 e. The molecule has 1 heterocycles. The zero-order chi connectivity index (χ0) is 19.8. The minimum Gasteiger partial charge on any atom is -0.354 e. The van der Waals surface area contributed by atoms with E-state index in [1.807, 2.05) is 31.1 Å². The highest BCUT2D eigenvalue weighted by Crippen LogP contribution is 2.13. The van der Waals surface area contributed by atoms with Gasteiger partial charge in [0, 0.05) is 51.4 Å². The van der Waals surface area contributed by atoms with Gasteiger partial charge in [-0.1, -0.05) is 19.9 Å². The summed E-state index contributed by atoms with van der Waals surface area (Å²) < 4.78 is 13.9. The van der Waals surface area contributed by atoms with E-state index >= 15 is 0 Å². The minimum atomic E-state index is -0.150. The van der Waals surface area contributed by atoms with Crippen molar-refractivity contribution >= 4 is 29.9 Å². The molecule has 0 aliphatic carbocycles. The van der Waals surface area contributed by atoms with E-state index in [0.717, 1.165) is 48.9 Å². The van der Waals surface area contributed by atoms with Crippen molar-refractivity contribution in [2.24, 2.45) is 10.9 Å². The van der Waals surface area contributed by atoms with Crippen LogP contribution in [-0.4, -0.2) is 62.6 Å². The highest BCUT2D eigenvalue weighted by molar-refractivity contribution is 14.0. The molecule has 1 fully saturated rings. The van der Waals surface area contributed by atoms with Crippen LogP contribution in [0.25, 0.3) is 0 Å². The van der Waals surface area contributed by atoms with Gasteiger partial charge in [0.1, 0.15) is 5.82 Å². The third-order valence-electron chi connectivity index (χ3n) is 4.83. The molecule has 2 N–H and O–H groups in total. The first kappa shape index (κ1) is 25.1. The molecule has 1 aromatic rings. The molecule has 0 spiro atoms. The predicted octanol–water partition coefficient (Wildman–Crippen LogP) is 3.29. The minimum absolute atomic E-state index is 0. The molecule has 0 amide bonds. The molecule has 0 saturated carbocycles. The third-order valence-corrected chi connectivity index (χ3v) is 4.83. The molecule has 1 aromatic carbocycles. The summed E-state index contributed by atoms with van der Waals surface area (Å²) in [5.41, 5.74) is 1.78. The Bertz CT molecular complexity index is 613. The number of halogens is 2. The quantitative estimate of drug-likeness (QED) is 0.339. The molecule has 28 heavy (non-hydrogen) atoms. The van der Waals surface area contributed by atoms with Crippen molar-refractivity contribution in [1.29, 1.82) is 0 Å². The Balaban J connectivity index is 0.00000392. The first-order valence-corrected chi connectivity index (χ1v) is 9.99. The summed E-state index contributed by atoms with van der Waals surface area (Å²) in [4.78, 5) is 8.87. The van der Waals surface area contributed by atoms with Gasteiger partial charge in [-0.2, -0.15) is 0 Å². The van der Waals surface area contributed by atoms with E-state index in [-0.39, 0.29) is 29.8 Å². The van der Waals surface area contributed by atoms with Gasteiger partial charge in [0.05, 0.1) is 0 Å². The van der Waals surface area contributed by atoms with Crippen molar-refractivity contribution in [3.05, 3.63) is 35.1 Å². The molecule has 0 atom stereocenters. The van der Waals surface area contributed by atoms with Crippen LogP contribution < -0.4 is 10.6 Å². The van der Waals surface area contributed by atoms with Gasteiger partial charge in [-0.05, 0) is 50.6 Å². The van der Waals surface area contributed by atoms with Gasteiger partial charge in [0.15, 0.2) is 5.96 Å². The number of aliphatic imine (C=N–C) groups is 1. The number of guanidine groups is 1. The zero-order valence-corrected chi connectivity index (χ0v) is 20.3. The highest BCUT2D eigenvalue weighted by atomic mass is 127. The average Bonchev–Trinajstić information content (AvgIpc) is 2.61. The van der Waals surface area contributed by atoms with Crippen molar-refractivity contribution in [2.45, 2.75) is 45.8 Å². The SMILES string of the molecule is CN=C(NCc1ccc(F)c(CN(C)C)c1)NC1CCN(CC(C)C)CC1.I.